The van der Waals surface area contributed by atoms with Gasteiger partial charge in [-0.3, -0.25) is 0 Å². The summed E-state index contributed by atoms with van der Waals surface area (Å²) in [6, 6.07) is 7.46. The van der Waals surface area contributed by atoms with Crippen LogP contribution < -0.4 is 9.47 Å². The molecular formula is C12H16BrNO2. The van der Waals surface area contributed by atoms with Crippen molar-refractivity contribution in [2.24, 2.45) is 0 Å². The number of hydrogen-bond donors (Lipinski definition) is 0. The zero-order valence-electron chi connectivity index (χ0n) is 9.95. The van der Waals surface area contributed by atoms with Gasteiger partial charge in [0.1, 0.15) is 0 Å². The number of hydrogen-bond acceptors (Lipinski definition) is 3. The molecule has 0 amide bonds. The molecule has 0 aliphatic heterocycles. The van der Waals surface area contributed by atoms with Crippen molar-refractivity contribution < 1.29 is 9.47 Å². The lowest BCUT2D eigenvalue weighted by atomic mass is 10.3. The van der Waals surface area contributed by atoms with Gasteiger partial charge in [-0.15, -0.1) is 0 Å². The van der Waals surface area contributed by atoms with Crippen LogP contribution in [0.25, 0.3) is 0 Å². The molecule has 3 nitrogen and oxygen atoms in total. The van der Waals surface area contributed by atoms with Gasteiger partial charge >= 0.3 is 0 Å². The van der Waals surface area contributed by atoms with E-state index in [2.05, 4.69) is 15.9 Å². The van der Waals surface area contributed by atoms with E-state index in [1.807, 2.05) is 32.0 Å². The van der Waals surface area contributed by atoms with Gasteiger partial charge in [-0.05, 0) is 32.0 Å². The van der Waals surface area contributed by atoms with Crippen LogP contribution in [0.15, 0.2) is 22.7 Å². The Morgan fingerprint density at radius 1 is 1.31 bits per heavy atom. The van der Waals surface area contributed by atoms with Crippen molar-refractivity contribution in [1.82, 2.24) is 0 Å². The van der Waals surface area contributed by atoms with Crippen LogP contribution in [-0.4, -0.2) is 13.2 Å². The molecule has 0 fully saturated rings. The first-order chi connectivity index (χ1) is 7.54. The second-order valence-electron chi connectivity index (χ2n) is 3.19. The Labute approximate surface area is 105 Å². The Bertz CT molecular complexity index is 359. The summed E-state index contributed by atoms with van der Waals surface area (Å²) in [7, 11) is 1.63. The highest BCUT2D eigenvalue weighted by Crippen LogP contribution is 2.30. The van der Waals surface area contributed by atoms with E-state index in [1.165, 1.54) is 6.92 Å². The maximum atomic E-state index is 7.32. The standard InChI is InChI=1S/C10H13BrO2.C2H3N/c1-7(2)13-9-5-4-8(11)6-10(9)12-3;1-2-3/h4-7H,1-3H3;1H3. The van der Waals surface area contributed by atoms with Crippen LogP contribution in [0.4, 0.5) is 0 Å². The molecule has 0 aliphatic rings. The number of nitrogens with zero attached hydrogens (tertiary/aromatic N) is 1. The fourth-order valence-electron chi connectivity index (χ4n) is 0.993. The van der Waals surface area contributed by atoms with Gasteiger partial charge in [0.2, 0.25) is 0 Å². The summed E-state index contributed by atoms with van der Waals surface area (Å²) < 4.78 is 11.7. The van der Waals surface area contributed by atoms with Crippen molar-refractivity contribution in [2.75, 3.05) is 7.11 Å². The molecular weight excluding hydrogens is 270 g/mol. The van der Waals surface area contributed by atoms with Crippen LogP contribution in [0.5, 0.6) is 11.5 Å². The minimum Gasteiger partial charge on any atom is -0.493 e. The van der Waals surface area contributed by atoms with Crippen LogP contribution in [0.1, 0.15) is 20.8 Å². The first kappa shape index (κ1) is 14.8. The second-order valence-corrected chi connectivity index (χ2v) is 4.10. The topological polar surface area (TPSA) is 42.2 Å². The van der Waals surface area contributed by atoms with E-state index in [4.69, 9.17) is 14.7 Å². The van der Waals surface area contributed by atoms with Gasteiger partial charge in [0.05, 0.1) is 19.3 Å². The number of benzene rings is 1. The van der Waals surface area contributed by atoms with Gasteiger partial charge in [0.25, 0.3) is 0 Å². The molecule has 0 unspecified atom stereocenters. The van der Waals surface area contributed by atoms with Crippen LogP contribution in [-0.2, 0) is 0 Å². The lowest BCUT2D eigenvalue weighted by Gasteiger charge is -2.13. The predicted octanol–water partition coefficient (Wildman–Crippen LogP) is 3.77. The molecule has 0 saturated heterocycles. The lowest BCUT2D eigenvalue weighted by molar-refractivity contribution is 0.230. The SMILES string of the molecule is CC#N.COc1cc(Br)ccc1OC(C)C. The molecule has 0 heterocycles. The summed E-state index contributed by atoms with van der Waals surface area (Å²) in [6.45, 7) is 5.41. The number of nitriles is 1. The van der Waals surface area contributed by atoms with E-state index in [0.29, 0.717) is 0 Å². The smallest absolute Gasteiger partial charge is 0.161 e. The van der Waals surface area contributed by atoms with Gasteiger partial charge < -0.3 is 9.47 Å². The fraction of sp³-hybridized carbons (Fsp3) is 0.417. The highest BCUT2D eigenvalue weighted by Gasteiger charge is 2.05. The van der Waals surface area contributed by atoms with Gasteiger partial charge in [0.15, 0.2) is 11.5 Å². The van der Waals surface area contributed by atoms with Crippen LogP contribution in [0.2, 0.25) is 0 Å². The Balaban J connectivity index is 0.000000673. The zero-order valence-corrected chi connectivity index (χ0v) is 11.5. The Hall–Kier alpha value is -1.21. The molecule has 4 heteroatoms. The summed E-state index contributed by atoms with van der Waals surface area (Å²) in [6.07, 6.45) is 0.162. The Kier molecular flexibility index (Phi) is 7.40. The van der Waals surface area contributed by atoms with E-state index in [0.717, 1.165) is 16.0 Å². The summed E-state index contributed by atoms with van der Waals surface area (Å²) in [4.78, 5) is 0. The van der Waals surface area contributed by atoms with Gasteiger partial charge in [-0.1, -0.05) is 15.9 Å². The predicted molar refractivity (Wildman–Crippen MR) is 67.7 cm³/mol. The van der Waals surface area contributed by atoms with Crippen LogP contribution in [0, 0.1) is 11.3 Å². The maximum absolute atomic E-state index is 7.32. The molecule has 1 rings (SSSR count). The van der Waals surface area contributed by atoms with Gasteiger partial charge in [-0.25, -0.2) is 0 Å². The molecule has 0 saturated carbocycles. The third kappa shape index (κ3) is 5.62. The molecule has 0 aromatic heterocycles. The van der Waals surface area contributed by atoms with Crippen molar-refractivity contribution in [1.29, 1.82) is 5.26 Å². The molecule has 0 bridgehead atoms. The Morgan fingerprint density at radius 3 is 2.31 bits per heavy atom. The summed E-state index contributed by atoms with van der Waals surface area (Å²) in [5.74, 6) is 1.53. The molecule has 1 aromatic carbocycles. The number of methoxy groups -OCH3 is 1. The Morgan fingerprint density at radius 2 is 1.88 bits per heavy atom. The largest absolute Gasteiger partial charge is 0.493 e. The third-order valence-electron chi connectivity index (χ3n) is 1.49. The van der Waals surface area contributed by atoms with E-state index in [9.17, 15) is 0 Å². The average Bonchev–Trinajstić information content (AvgIpc) is 2.21. The van der Waals surface area contributed by atoms with E-state index in [-0.39, 0.29) is 6.10 Å². The van der Waals surface area contributed by atoms with Crippen molar-refractivity contribution in [2.45, 2.75) is 26.9 Å². The molecule has 0 aliphatic carbocycles. The maximum Gasteiger partial charge on any atom is 0.161 e. The fourth-order valence-corrected chi connectivity index (χ4v) is 1.33. The first-order valence-corrected chi connectivity index (χ1v) is 5.65. The van der Waals surface area contributed by atoms with Crippen LogP contribution in [0.3, 0.4) is 0 Å². The van der Waals surface area contributed by atoms with Gasteiger partial charge in [-0.2, -0.15) is 5.26 Å². The molecule has 0 radical (unpaired) electrons. The minimum absolute atomic E-state index is 0.162. The van der Waals surface area contributed by atoms with Crippen molar-refractivity contribution in [3.05, 3.63) is 22.7 Å². The lowest BCUT2D eigenvalue weighted by Crippen LogP contribution is -2.06. The summed E-state index contributed by atoms with van der Waals surface area (Å²) >= 11 is 3.37. The van der Waals surface area contributed by atoms with E-state index >= 15 is 0 Å². The summed E-state index contributed by atoms with van der Waals surface area (Å²) in [5, 5.41) is 7.32. The average molecular weight is 286 g/mol. The van der Waals surface area contributed by atoms with Crippen molar-refractivity contribution >= 4 is 15.9 Å². The third-order valence-corrected chi connectivity index (χ3v) is 1.98. The molecule has 16 heavy (non-hydrogen) atoms. The second kappa shape index (κ2) is 8.00. The van der Waals surface area contributed by atoms with Crippen molar-refractivity contribution in [3.8, 4) is 17.6 Å². The molecule has 0 spiro atoms. The number of halogens is 1. The highest BCUT2D eigenvalue weighted by atomic mass is 79.9. The highest BCUT2D eigenvalue weighted by molar-refractivity contribution is 9.10. The quantitative estimate of drug-likeness (QED) is 0.849. The summed E-state index contributed by atoms with van der Waals surface area (Å²) in [5.41, 5.74) is 0. The van der Waals surface area contributed by atoms with E-state index < -0.39 is 0 Å². The molecule has 88 valence electrons. The van der Waals surface area contributed by atoms with Crippen molar-refractivity contribution in [3.63, 3.8) is 0 Å². The molecule has 0 N–H and O–H groups in total. The van der Waals surface area contributed by atoms with E-state index in [1.54, 1.807) is 13.2 Å². The minimum atomic E-state index is 0.162. The normalized spacial score (nSPS) is 8.81. The number of rotatable bonds is 3. The monoisotopic (exact) mass is 285 g/mol. The molecule has 0 atom stereocenters. The molecule has 1 aromatic rings. The van der Waals surface area contributed by atoms with Crippen LogP contribution >= 0.6 is 15.9 Å². The first-order valence-electron chi connectivity index (χ1n) is 4.86. The zero-order chi connectivity index (χ0) is 12.6. The van der Waals surface area contributed by atoms with Gasteiger partial charge in [0, 0.05) is 11.4 Å². The number of ether oxygens (including phenoxy) is 2.